The van der Waals surface area contributed by atoms with Gasteiger partial charge in [-0.05, 0) is 35.9 Å². The van der Waals surface area contributed by atoms with E-state index in [1.165, 1.54) is 10.4 Å². The van der Waals surface area contributed by atoms with E-state index in [1.54, 1.807) is 36.9 Å². The van der Waals surface area contributed by atoms with Crippen molar-refractivity contribution in [3.05, 3.63) is 78.6 Å². The maximum Gasteiger partial charge on any atom is 0.522 e. The van der Waals surface area contributed by atoms with Crippen LogP contribution in [-0.2, 0) is 17.7 Å². The Morgan fingerprint density at radius 2 is 1.81 bits per heavy atom. The molecule has 0 saturated carbocycles. The van der Waals surface area contributed by atoms with Gasteiger partial charge in [0.05, 0.1) is 18.8 Å². The van der Waals surface area contributed by atoms with Crippen molar-refractivity contribution >= 4 is 5.69 Å². The highest BCUT2D eigenvalue weighted by molar-refractivity contribution is 5.78. The van der Waals surface area contributed by atoms with Crippen LogP contribution < -0.4 is 10.2 Å². The lowest BCUT2D eigenvalue weighted by molar-refractivity contribution is -0.325. The largest absolute Gasteiger partial charge is 0.522 e. The van der Waals surface area contributed by atoms with Gasteiger partial charge >= 0.3 is 6.36 Å². The topological polar surface area (TPSA) is 81.0 Å². The van der Waals surface area contributed by atoms with Gasteiger partial charge in [0.25, 0.3) is 0 Å². The predicted octanol–water partition coefficient (Wildman–Crippen LogP) is 3.94. The normalized spacial score (nSPS) is 14.2. The van der Waals surface area contributed by atoms with Crippen molar-refractivity contribution in [1.29, 1.82) is 0 Å². The van der Waals surface area contributed by atoms with Crippen molar-refractivity contribution < 1.29 is 17.9 Å². The average Bonchev–Trinajstić information content (AvgIpc) is 3.34. The number of benzene rings is 1. The van der Waals surface area contributed by atoms with E-state index < -0.39 is 13.0 Å². The van der Waals surface area contributed by atoms with Gasteiger partial charge in [0.15, 0.2) is 0 Å². The van der Waals surface area contributed by atoms with Gasteiger partial charge in [-0.2, -0.15) is 5.10 Å². The number of rotatable bonds is 8. The summed E-state index contributed by atoms with van der Waals surface area (Å²) in [4.78, 5) is 15.7. The van der Waals surface area contributed by atoms with Crippen LogP contribution in [0.15, 0.2) is 67.3 Å². The third kappa shape index (κ3) is 6.49. The summed E-state index contributed by atoms with van der Waals surface area (Å²) in [6.07, 6.45) is 2.52. The number of halogens is 3. The molecule has 1 aliphatic heterocycles. The third-order valence-corrected chi connectivity index (χ3v) is 6.04. The number of hydrogen-bond donors (Lipinski definition) is 1. The minimum Gasteiger partial charge on any atom is -0.369 e. The van der Waals surface area contributed by atoms with E-state index in [1.807, 2.05) is 6.07 Å². The molecule has 1 saturated heterocycles. The minimum atomic E-state index is -4.69. The highest BCUT2D eigenvalue weighted by Gasteiger charge is 2.28. The molecule has 1 fully saturated rings. The first-order valence-electron chi connectivity index (χ1n) is 12.0. The van der Waals surface area contributed by atoms with Crippen LogP contribution in [0.1, 0.15) is 11.4 Å². The molecule has 0 amide bonds. The molecule has 0 unspecified atom stereocenters. The van der Waals surface area contributed by atoms with Crippen molar-refractivity contribution in [2.45, 2.75) is 19.3 Å². The summed E-state index contributed by atoms with van der Waals surface area (Å²) in [5.41, 5.74) is 4.90. The fraction of sp³-hybridized carbons (Fsp3) is 0.308. The first kappa shape index (κ1) is 24.8. The number of piperazine rings is 1. The van der Waals surface area contributed by atoms with Crippen molar-refractivity contribution in [1.82, 2.24) is 30.0 Å². The summed E-state index contributed by atoms with van der Waals surface area (Å²) >= 11 is 0. The smallest absolute Gasteiger partial charge is 0.369 e. The molecule has 11 heteroatoms. The first-order chi connectivity index (χ1) is 17.9. The van der Waals surface area contributed by atoms with E-state index in [2.05, 4.69) is 54.3 Å². The van der Waals surface area contributed by atoms with Crippen LogP contribution in [0.3, 0.4) is 0 Å². The molecular formula is C26H26F3N7O. The van der Waals surface area contributed by atoms with Crippen molar-refractivity contribution in [2.24, 2.45) is 0 Å². The Labute approximate surface area is 212 Å². The molecule has 5 rings (SSSR count). The second kappa shape index (κ2) is 11.1. The number of hydrogen-bond acceptors (Lipinski definition) is 7. The van der Waals surface area contributed by atoms with E-state index in [0.29, 0.717) is 29.2 Å². The summed E-state index contributed by atoms with van der Waals surface area (Å²) < 4.78 is 42.6. The van der Waals surface area contributed by atoms with Crippen LogP contribution in [0.5, 0.6) is 0 Å². The Morgan fingerprint density at radius 3 is 2.54 bits per heavy atom. The van der Waals surface area contributed by atoms with Crippen LogP contribution in [0.25, 0.3) is 22.5 Å². The summed E-state index contributed by atoms with van der Waals surface area (Å²) in [5.74, 6) is 0.637. The number of ether oxygens (including phenoxy) is 1. The van der Waals surface area contributed by atoms with Gasteiger partial charge in [0, 0.05) is 74.2 Å². The van der Waals surface area contributed by atoms with Gasteiger partial charge in [-0.3, -0.25) is 14.4 Å². The fourth-order valence-electron chi connectivity index (χ4n) is 4.26. The molecule has 37 heavy (non-hydrogen) atoms. The number of anilines is 1. The Balaban J connectivity index is 1.37. The van der Waals surface area contributed by atoms with Gasteiger partial charge in [0.2, 0.25) is 0 Å². The molecule has 0 bridgehead atoms. The standard InChI is InChI=1S/C26H26F3N7O/c27-26(28,29)37-15-14-36-18-22(25(34-36)20-2-1-8-31-17-20)23-7-9-32-24(33-23)16-19-3-5-21(6-4-19)35-12-10-30-11-13-35/h1-9,17-18,30H,10-16H2. The highest BCUT2D eigenvalue weighted by atomic mass is 19.4. The lowest BCUT2D eigenvalue weighted by Gasteiger charge is -2.29. The molecule has 4 heterocycles. The summed E-state index contributed by atoms with van der Waals surface area (Å²) in [5, 5.41) is 7.86. The van der Waals surface area contributed by atoms with Gasteiger partial charge < -0.3 is 10.2 Å². The van der Waals surface area contributed by atoms with E-state index in [0.717, 1.165) is 37.3 Å². The van der Waals surface area contributed by atoms with Gasteiger partial charge in [-0.15, -0.1) is 13.2 Å². The molecule has 0 spiro atoms. The molecule has 0 atom stereocenters. The van der Waals surface area contributed by atoms with E-state index in [4.69, 9.17) is 4.98 Å². The molecule has 1 aromatic carbocycles. The second-order valence-corrected chi connectivity index (χ2v) is 8.63. The van der Waals surface area contributed by atoms with Crippen LogP contribution in [0, 0.1) is 0 Å². The quantitative estimate of drug-likeness (QED) is 0.385. The maximum atomic E-state index is 12.4. The number of alkyl halides is 3. The van der Waals surface area contributed by atoms with Crippen LogP contribution in [-0.4, -0.2) is 63.9 Å². The fourth-order valence-corrected chi connectivity index (χ4v) is 4.26. The first-order valence-corrected chi connectivity index (χ1v) is 12.0. The molecule has 0 aliphatic carbocycles. The van der Waals surface area contributed by atoms with Gasteiger partial charge in [0.1, 0.15) is 11.5 Å². The average molecular weight is 510 g/mol. The van der Waals surface area contributed by atoms with Gasteiger partial charge in [-0.1, -0.05) is 12.1 Å². The molecule has 1 aliphatic rings. The number of nitrogens with one attached hydrogen (secondary N) is 1. The SMILES string of the molecule is FC(F)(F)OCCn1cc(-c2ccnc(Cc3ccc(N4CCNCC4)cc3)n2)c(-c2cccnc2)n1. The zero-order chi connectivity index (χ0) is 25.7. The van der Waals surface area contributed by atoms with E-state index >= 15 is 0 Å². The molecule has 192 valence electrons. The lowest BCUT2D eigenvalue weighted by atomic mass is 10.1. The van der Waals surface area contributed by atoms with Crippen molar-refractivity contribution in [3.63, 3.8) is 0 Å². The van der Waals surface area contributed by atoms with E-state index in [9.17, 15) is 13.2 Å². The van der Waals surface area contributed by atoms with E-state index in [-0.39, 0.29) is 6.54 Å². The molecule has 0 radical (unpaired) electrons. The zero-order valence-corrected chi connectivity index (χ0v) is 20.0. The number of aromatic nitrogens is 5. The highest BCUT2D eigenvalue weighted by Crippen LogP contribution is 2.30. The summed E-state index contributed by atoms with van der Waals surface area (Å²) in [6.45, 7) is 3.32. The third-order valence-electron chi connectivity index (χ3n) is 6.04. The van der Waals surface area contributed by atoms with Crippen LogP contribution in [0.4, 0.5) is 18.9 Å². The Morgan fingerprint density at radius 1 is 1.00 bits per heavy atom. The summed E-state index contributed by atoms with van der Waals surface area (Å²) in [6, 6.07) is 13.8. The Kier molecular flexibility index (Phi) is 7.42. The zero-order valence-electron chi connectivity index (χ0n) is 20.0. The molecule has 1 N–H and O–H groups in total. The maximum absolute atomic E-state index is 12.4. The Bertz CT molecular complexity index is 1300. The number of pyridine rings is 1. The molecular weight excluding hydrogens is 483 g/mol. The monoisotopic (exact) mass is 509 g/mol. The molecule has 8 nitrogen and oxygen atoms in total. The van der Waals surface area contributed by atoms with Gasteiger partial charge in [-0.25, -0.2) is 9.97 Å². The van der Waals surface area contributed by atoms with Crippen LogP contribution in [0.2, 0.25) is 0 Å². The number of nitrogens with zero attached hydrogens (tertiary/aromatic N) is 6. The van der Waals surface area contributed by atoms with Crippen LogP contribution >= 0.6 is 0 Å². The minimum absolute atomic E-state index is 0.0653. The second-order valence-electron chi connectivity index (χ2n) is 8.63. The molecule has 3 aromatic heterocycles. The lowest BCUT2D eigenvalue weighted by Crippen LogP contribution is -2.43. The Hall–Kier alpha value is -3.83. The molecule has 4 aromatic rings. The summed E-state index contributed by atoms with van der Waals surface area (Å²) in [7, 11) is 0. The van der Waals surface area contributed by atoms with Crippen molar-refractivity contribution in [3.8, 4) is 22.5 Å². The predicted molar refractivity (Wildman–Crippen MR) is 133 cm³/mol. The van der Waals surface area contributed by atoms with Crippen molar-refractivity contribution in [2.75, 3.05) is 37.7 Å².